The first-order chi connectivity index (χ1) is 9.25. The summed E-state index contributed by atoms with van der Waals surface area (Å²) in [4.78, 5) is 11.0. The molecule has 0 aromatic heterocycles. The van der Waals surface area contributed by atoms with Crippen LogP contribution in [0.3, 0.4) is 0 Å². The van der Waals surface area contributed by atoms with Crippen molar-refractivity contribution in [1.82, 2.24) is 5.32 Å². The van der Waals surface area contributed by atoms with Crippen LogP contribution < -0.4 is 10.5 Å². The maximum Gasteiger partial charge on any atom is 0.251 e. The average molecular weight is 322 g/mol. The van der Waals surface area contributed by atoms with Gasteiger partial charge < -0.3 is 5.32 Å². The zero-order chi connectivity index (χ0) is 15.3. The molecule has 1 aromatic carbocycles. The smallest absolute Gasteiger partial charge is 0.251 e. The van der Waals surface area contributed by atoms with Gasteiger partial charge >= 0.3 is 0 Å². The lowest BCUT2D eigenvalue weighted by molar-refractivity contribution is 0.0956. The van der Waals surface area contributed by atoms with Gasteiger partial charge in [0.2, 0.25) is 10.0 Å². The van der Waals surface area contributed by atoms with Gasteiger partial charge in [-0.1, -0.05) is 6.92 Å². The normalized spacial score (nSPS) is 12.9. The second-order valence-electron chi connectivity index (χ2n) is 3.88. The SMILES string of the molecule is CCS(=O)CCNC(=O)c1ccc(F)c(S(N)(=O)=O)c1. The van der Waals surface area contributed by atoms with E-state index in [1.807, 2.05) is 0 Å². The molecule has 6 nitrogen and oxygen atoms in total. The van der Waals surface area contributed by atoms with E-state index in [1.54, 1.807) is 6.92 Å². The van der Waals surface area contributed by atoms with Crippen LogP contribution in [0.1, 0.15) is 17.3 Å². The van der Waals surface area contributed by atoms with E-state index < -0.39 is 37.4 Å². The summed E-state index contributed by atoms with van der Waals surface area (Å²) in [6.45, 7) is 1.94. The van der Waals surface area contributed by atoms with Crippen molar-refractivity contribution in [2.75, 3.05) is 18.1 Å². The summed E-state index contributed by atoms with van der Waals surface area (Å²) in [5.41, 5.74) is -0.0299. The molecule has 3 N–H and O–H groups in total. The van der Waals surface area contributed by atoms with Gasteiger partial charge in [0.1, 0.15) is 10.7 Å². The van der Waals surface area contributed by atoms with Gasteiger partial charge in [-0.25, -0.2) is 17.9 Å². The highest BCUT2D eigenvalue weighted by Crippen LogP contribution is 2.14. The highest BCUT2D eigenvalue weighted by atomic mass is 32.2. The molecule has 0 aliphatic heterocycles. The quantitative estimate of drug-likeness (QED) is 0.767. The van der Waals surface area contributed by atoms with Gasteiger partial charge in [-0.2, -0.15) is 0 Å². The zero-order valence-corrected chi connectivity index (χ0v) is 12.4. The van der Waals surface area contributed by atoms with Crippen molar-refractivity contribution in [3.63, 3.8) is 0 Å². The van der Waals surface area contributed by atoms with Gasteiger partial charge in [-0.3, -0.25) is 9.00 Å². The molecule has 9 heteroatoms. The molecule has 1 unspecified atom stereocenters. The molecular formula is C11H15FN2O4S2. The number of sulfonamides is 1. The second-order valence-corrected chi connectivity index (χ2v) is 7.27. The van der Waals surface area contributed by atoms with E-state index in [2.05, 4.69) is 5.32 Å². The summed E-state index contributed by atoms with van der Waals surface area (Å²) in [5, 5.41) is 7.32. The number of primary sulfonamides is 1. The predicted molar refractivity (Wildman–Crippen MR) is 73.7 cm³/mol. The van der Waals surface area contributed by atoms with Crippen molar-refractivity contribution < 1.29 is 21.8 Å². The Hall–Kier alpha value is -1.32. The van der Waals surface area contributed by atoms with Gasteiger partial charge in [-0.05, 0) is 18.2 Å². The Labute approximate surface area is 119 Å². The number of amides is 1. The molecule has 0 spiro atoms. The number of nitrogens with two attached hydrogens (primary N) is 1. The van der Waals surface area contributed by atoms with Crippen LogP contribution in [0.4, 0.5) is 4.39 Å². The Morgan fingerprint density at radius 1 is 1.45 bits per heavy atom. The number of hydrogen-bond donors (Lipinski definition) is 2. The summed E-state index contributed by atoms with van der Waals surface area (Å²) in [5.74, 6) is -0.813. The van der Waals surface area contributed by atoms with Crippen molar-refractivity contribution in [3.05, 3.63) is 29.6 Å². The van der Waals surface area contributed by atoms with E-state index >= 15 is 0 Å². The molecular weight excluding hydrogens is 307 g/mol. The monoisotopic (exact) mass is 322 g/mol. The number of carbonyl (C=O) groups excluding carboxylic acids is 1. The summed E-state index contributed by atoms with van der Waals surface area (Å²) in [6, 6.07) is 2.88. The third-order valence-electron chi connectivity index (χ3n) is 2.44. The minimum Gasteiger partial charge on any atom is -0.351 e. The number of nitrogens with one attached hydrogen (secondary N) is 1. The third-order valence-corrected chi connectivity index (χ3v) is 4.67. The van der Waals surface area contributed by atoms with E-state index in [9.17, 15) is 21.8 Å². The second kappa shape index (κ2) is 6.91. The molecule has 0 radical (unpaired) electrons. The fourth-order valence-corrected chi connectivity index (χ4v) is 2.64. The fourth-order valence-electron chi connectivity index (χ4n) is 1.39. The van der Waals surface area contributed by atoms with Gasteiger partial charge in [-0.15, -0.1) is 0 Å². The maximum atomic E-state index is 13.3. The lowest BCUT2D eigenvalue weighted by Crippen LogP contribution is -2.28. The molecule has 0 aliphatic carbocycles. The third kappa shape index (κ3) is 4.66. The molecule has 20 heavy (non-hydrogen) atoms. The number of halogens is 1. The number of hydrogen-bond acceptors (Lipinski definition) is 4. The van der Waals surface area contributed by atoms with Crippen LogP contribution in [0.15, 0.2) is 23.1 Å². The van der Waals surface area contributed by atoms with E-state index in [0.717, 1.165) is 18.2 Å². The van der Waals surface area contributed by atoms with E-state index in [1.165, 1.54) is 0 Å². The van der Waals surface area contributed by atoms with Crippen molar-refractivity contribution >= 4 is 26.7 Å². The van der Waals surface area contributed by atoms with Crippen molar-refractivity contribution in [2.24, 2.45) is 5.14 Å². The van der Waals surface area contributed by atoms with Crippen molar-refractivity contribution in [1.29, 1.82) is 0 Å². The minimum atomic E-state index is -4.23. The Kier molecular flexibility index (Phi) is 5.78. The zero-order valence-electron chi connectivity index (χ0n) is 10.8. The van der Waals surface area contributed by atoms with Crippen LogP contribution in [0.25, 0.3) is 0 Å². The Morgan fingerprint density at radius 2 is 2.10 bits per heavy atom. The molecule has 0 bridgehead atoms. The van der Waals surface area contributed by atoms with Crippen LogP contribution in [0, 0.1) is 5.82 Å². The van der Waals surface area contributed by atoms with Crippen LogP contribution in [-0.4, -0.2) is 36.6 Å². The van der Waals surface area contributed by atoms with E-state index in [0.29, 0.717) is 11.5 Å². The van der Waals surface area contributed by atoms with Gasteiger partial charge in [0.25, 0.3) is 5.91 Å². The number of rotatable bonds is 6. The van der Waals surface area contributed by atoms with Crippen LogP contribution >= 0.6 is 0 Å². The Balaban J connectivity index is 2.82. The molecule has 0 saturated carbocycles. The van der Waals surface area contributed by atoms with Crippen LogP contribution in [0.5, 0.6) is 0 Å². The lowest BCUT2D eigenvalue weighted by atomic mass is 10.2. The molecule has 0 saturated heterocycles. The van der Waals surface area contributed by atoms with Crippen LogP contribution in [-0.2, 0) is 20.8 Å². The Bertz CT molecular complexity index is 631. The van der Waals surface area contributed by atoms with E-state index in [-0.39, 0.29) is 12.1 Å². The predicted octanol–water partition coefficient (Wildman–Crippen LogP) is -0.0285. The molecule has 1 atom stereocenters. The summed E-state index contributed by atoms with van der Waals surface area (Å²) in [7, 11) is -5.24. The van der Waals surface area contributed by atoms with Crippen molar-refractivity contribution in [3.8, 4) is 0 Å². The lowest BCUT2D eigenvalue weighted by Gasteiger charge is -2.06. The Morgan fingerprint density at radius 3 is 2.65 bits per heavy atom. The number of carbonyl (C=O) groups is 1. The highest BCUT2D eigenvalue weighted by Gasteiger charge is 2.17. The molecule has 0 heterocycles. The first-order valence-corrected chi connectivity index (χ1v) is 8.74. The van der Waals surface area contributed by atoms with Crippen molar-refractivity contribution in [2.45, 2.75) is 11.8 Å². The molecule has 112 valence electrons. The molecule has 0 aliphatic rings. The minimum absolute atomic E-state index is 0.0299. The maximum absolute atomic E-state index is 13.3. The number of benzene rings is 1. The fraction of sp³-hybridized carbons (Fsp3) is 0.364. The van der Waals surface area contributed by atoms with E-state index in [4.69, 9.17) is 5.14 Å². The molecule has 1 rings (SSSR count). The van der Waals surface area contributed by atoms with Gasteiger partial charge in [0, 0.05) is 34.4 Å². The first-order valence-electron chi connectivity index (χ1n) is 5.71. The van der Waals surface area contributed by atoms with Gasteiger partial charge in [0.05, 0.1) is 0 Å². The molecule has 1 aromatic rings. The summed E-state index contributed by atoms with van der Waals surface area (Å²) >= 11 is 0. The average Bonchev–Trinajstić information content (AvgIpc) is 2.37. The standard InChI is InChI=1S/C11H15FN2O4S2/c1-2-19(16)6-5-14-11(15)8-3-4-9(12)10(7-8)20(13,17)18/h3-4,7H,2,5-6H2,1H3,(H,14,15)(H2,13,17,18). The van der Waals surface area contributed by atoms with Crippen LogP contribution in [0.2, 0.25) is 0 Å². The topological polar surface area (TPSA) is 106 Å². The molecule has 0 fully saturated rings. The summed E-state index contributed by atoms with van der Waals surface area (Å²) < 4.78 is 46.7. The molecule has 1 amide bonds. The first kappa shape index (κ1) is 16.7. The summed E-state index contributed by atoms with van der Waals surface area (Å²) in [6.07, 6.45) is 0. The van der Waals surface area contributed by atoms with Gasteiger partial charge in [0.15, 0.2) is 0 Å². The highest BCUT2D eigenvalue weighted by molar-refractivity contribution is 7.89. The largest absolute Gasteiger partial charge is 0.351 e.